The van der Waals surface area contributed by atoms with Crippen molar-refractivity contribution >= 4 is 22.8 Å². The Hall–Kier alpha value is -1.70. The van der Waals surface area contributed by atoms with Crippen LogP contribution in [0.25, 0.3) is 0 Å². The number of allylic oxidation sites excluding steroid dienone is 2. The van der Waals surface area contributed by atoms with Gasteiger partial charge in [0.1, 0.15) is 11.6 Å². The highest BCUT2D eigenvalue weighted by atomic mass is 32.2. The molecule has 5 nitrogen and oxygen atoms in total. The largest absolute Gasteiger partial charge is 0.473 e. The van der Waals surface area contributed by atoms with Gasteiger partial charge in [0.2, 0.25) is 0 Å². The predicted octanol–water partition coefficient (Wildman–Crippen LogP) is 5.77. The van der Waals surface area contributed by atoms with E-state index >= 15 is 0 Å². The van der Waals surface area contributed by atoms with Gasteiger partial charge in [-0.25, -0.2) is 9.18 Å². The van der Waals surface area contributed by atoms with E-state index in [1.165, 1.54) is 12.1 Å². The summed E-state index contributed by atoms with van der Waals surface area (Å²) in [6, 6.07) is 6.06. The lowest BCUT2D eigenvalue weighted by molar-refractivity contribution is -0.121. The zero-order valence-electron chi connectivity index (χ0n) is 19.4. The third-order valence-corrected chi connectivity index (χ3v) is 7.30. The number of carbonyl (C=O) groups excluding carboxylic acids is 1. The molecule has 0 bridgehead atoms. The van der Waals surface area contributed by atoms with Gasteiger partial charge in [0.25, 0.3) is 0 Å². The van der Waals surface area contributed by atoms with Gasteiger partial charge in [-0.3, -0.25) is 4.79 Å². The Kier molecular flexibility index (Phi) is 12.1. The van der Waals surface area contributed by atoms with Crippen molar-refractivity contribution in [3.05, 3.63) is 47.8 Å². The van der Waals surface area contributed by atoms with Crippen molar-refractivity contribution < 1.29 is 29.3 Å². The van der Waals surface area contributed by atoms with Crippen LogP contribution >= 0.6 is 11.8 Å². The number of aliphatic hydroxyl groups excluding tert-OH is 2. The summed E-state index contributed by atoms with van der Waals surface area (Å²) in [5, 5.41) is 28.6. The minimum Gasteiger partial charge on any atom is -0.473 e. The number of ketones is 1. The number of aliphatic hydroxyl groups is 2. The lowest BCUT2D eigenvalue weighted by atomic mass is 9.86. The molecule has 1 fully saturated rings. The summed E-state index contributed by atoms with van der Waals surface area (Å²) < 4.78 is 13.1. The summed E-state index contributed by atoms with van der Waals surface area (Å²) >= 11 is 0.839. The van der Waals surface area contributed by atoms with E-state index < -0.39 is 17.5 Å². The average molecular weight is 481 g/mol. The molecule has 0 aromatic heterocycles. The van der Waals surface area contributed by atoms with Crippen molar-refractivity contribution in [3.8, 4) is 0 Å². The first-order chi connectivity index (χ1) is 15.8. The first-order valence-electron chi connectivity index (χ1n) is 12.0. The molecule has 3 unspecified atom stereocenters. The fourth-order valence-corrected chi connectivity index (χ4v) is 5.33. The van der Waals surface area contributed by atoms with E-state index in [0.717, 1.165) is 43.0 Å². The van der Waals surface area contributed by atoms with E-state index in [1.54, 1.807) is 12.1 Å². The van der Waals surface area contributed by atoms with Crippen LogP contribution in [0, 0.1) is 17.7 Å². The Morgan fingerprint density at radius 3 is 2.61 bits per heavy atom. The van der Waals surface area contributed by atoms with Crippen LogP contribution in [0.1, 0.15) is 70.3 Å². The molecule has 3 N–H and O–H groups in total. The number of carboxylic acid groups (broad SMARTS) is 1. The monoisotopic (exact) mass is 480 g/mol. The van der Waals surface area contributed by atoms with Crippen LogP contribution in [0.15, 0.2) is 36.4 Å². The standard InChI is InChI=1S/C26H37FO5S/c1-2-3-4-7-20(28)14-15-23-22(24(29)17-25(23)30)9-6-5-8-21(33-26(31)32)16-18-10-12-19(27)13-11-18/h5-6,10-13,20-23,25,28,30H,2-4,7-9,14-17H2,1H3,(H,31,32)/t20?,21?,22-,23-,25?/m1/s1. The Labute approximate surface area is 200 Å². The highest BCUT2D eigenvalue weighted by Gasteiger charge is 2.40. The molecule has 0 radical (unpaired) electrons. The summed E-state index contributed by atoms with van der Waals surface area (Å²) in [4.78, 5) is 23.6. The van der Waals surface area contributed by atoms with Gasteiger partial charge in [0.05, 0.1) is 12.2 Å². The molecule has 1 aromatic carbocycles. The van der Waals surface area contributed by atoms with E-state index in [0.29, 0.717) is 32.1 Å². The minimum absolute atomic E-state index is 0.0559. The summed E-state index contributed by atoms with van der Waals surface area (Å²) in [7, 11) is 0. The molecular formula is C26H37FO5S. The van der Waals surface area contributed by atoms with Gasteiger partial charge in [0.15, 0.2) is 0 Å². The molecule has 2 rings (SSSR count). The molecule has 0 saturated heterocycles. The molecule has 5 atom stereocenters. The van der Waals surface area contributed by atoms with Crippen molar-refractivity contribution in [1.82, 2.24) is 0 Å². The van der Waals surface area contributed by atoms with Gasteiger partial charge < -0.3 is 15.3 Å². The number of benzene rings is 1. The second-order valence-electron chi connectivity index (χ2n) is 9.01. The number of rotatable bonds is 14. The van der Waals surface area contributed by atoms with Gasteiger partial charge in [-0.1, -0.05) is 50.5 Å². The van der Waals surface area contributed by atoms with Gasteiger partial charge in [-0.2, -0.15) is 0 Å². The third-order valence-electron chi connectivity index (χ3n) is 6.41. The van der Waals surface area contributed by atoms with Crippen LogP contribution in [0.3, 0.4) is 0 Å². The molecule has 1 aliphatic rings. The van der Waals surface area contributed by atoms with Gasteiger partial charge >= 0.3 is 5.30 Å². The maximum atomic E-state index is 13.1. The predicted molar refractivity (Wildman–Crippen MR) is 130 cm³/mol. The van der Waals surface area contributed by atoms with Crippen LogP contribution in [0.4, 0.5) is 9.18 Å². The number of hydrogen-bond acceptors (Lipinski definition) is 5. The van der Waals surface area contributed by atoms with Crippen molar-refractivity contribution in [3.63, 3.8) is 0 Å². The molecule has 0 spiro atoms. The number of hydrogen-bond donors (Lipinski definition) is 3. The normalized spacial score (nSPS) is 22.7. The highest BCUT2D eigenvalue weighted by Crippen LogP contribution is 2.36. The molecule has 33 heavy (non-hydrogen) atoms. The maximum absolute atomic E-state index is 13.1. The van der Waals surface area contributed by atoms with Crippen LogP contribution in [0.2, 0.25) is 0 Å². The van der Waals surface area contributed by atoms with Gasteiger partial charge in [-0.15, -0.1) is 0 Å². The topological polar surface area (TPSA) is 94.8 Å². The smallest absolute Gasteiger partial charge is 0.365 e. The molecule has 0 amide bonds. The van der Waals surface area contributed by atoms with Crippen molar-refractivity contribution in [2.75, 3.05) is 0 Å². The van der Waals surface area contributed by atoms with E-state index in [2.05, 4.69) is 6.92 Å². The van der Waals surface area contributed by atoms with E-state index in [4.69, 9.17) is 0 Å². The summed E-state index contributed by atoms with van der Waals surface area (Å²) in [5.41, 5.74) is 0.871. The molecular weight excluding hydrogens is 443 g/mol. The SMILES string of the molecule is CCCCCC(O)CC[C@H]1C(O)CC(=O)[C@@H]1CC=CCC(Cc1ccc(F)cc1)SC(=O)O. The second-order valence-corrected chi connectivity index (χ2v) is 10.3. The van der Waals surface area contributed by atoms with Crippen LogP contribution < -0.4 is 0 Å². The molecule has 1 aliphatic carbocycles. The van der Waals surface area contributed by atoms with Crippen molar-refractivity contribution in [1.29, 1.82) is 0 Å². The Morgan fingerprint density at radius 2 is 1.94 bits per heavy atom. The van der Waals surface area contributed by atoms with Crippen LogP contribution in [-0.2, 0) is 11.2 Å². The molecule has 1 aromatic rings. The van der Waals surface area contributed by atoms with Crippen LogP contribution in [-0.4, -0.2) is 43.9 Å². The minimum atomic E-state index is -0.956. The zero-order chi connectivity index (χ0) is 24.2. The lowest BCUT2D eigenvalue weighted by Crippen LogP contribution is -2.22. The number of halogens is 1. The van der Waals surface area contributed by atoms with Gasteiger partial charge in [-0.05, 0) is 73.9 Å². The molecule has 184 valence electrons. The lowest BCUT2D eigenvalue weighted by Gasteiger charge is -2.21. The van der Waals surface area contributed by atoms with E-state index in [9.17, 15) is 29.3 Å². The molecule has 7 heteroatoms. The average Bonchev–Trinajstić information content (AvgIpc) is 3.03. The fourth-order valence-electron chi connectivity index (χ4n) is 4.56. The Balaban J connectivity index is 1.87. The number of thioether (sulfide) groups is 1. The van der Waals surface area contributed by atoms with Crippen molar-refractivity contribution in [2.24, 2.45) is 11.8 Å². The Morgan fingerprint density at radius 1 is 1.21 bits per heavy atom. The summed E-state index contributed by atoms with van der Waals surface area (Å²) in [5.74, 6) is -0.680. The third kappa shape index (κ3) is 9.98. The maximum Gasteiger partial charge on any atom is 0.365 e. The first-order valence-corrected chi connectivity index (χ1v) is 12.9. The number of carbonyl (C=O) groups is 2. The molecule has 1 saturated carbocycles. The van der Waals surface area contributed by atoms with E-state index in [1.807, 2.05) is 12.2 Å². The van der Waals surface area contributed by atoms with Crippen LogP contribution in [0.5, 0.6) is 0 Å². The number of unbranched alkanes of at least 4 members (excludes halogenated alkanes) is 2. The summed E-state index contributed by atoms with van der Waals surface area (Å²) in [6.45, 7) is 2.12. The van der Waals surface area contributed by atoms with E-state index in [-0.39, 0.29) is 35.1 Å². The molecule has 0 aliphatic heterocycles. The summed E-state index contributed by atoms with van der Waals surface area (Å²) in [6.07, 6.45) is 9.60. The Bertz CT molecular complexity index is 766. The van der Waals surface area contributed by atoms with Gasteiger partial charge in [0, 0.05) is 17.6 Å². The fraction of sp³-hybridized carbons (Fsp3) is 0.615. The highest BCUT2D eigenvalue weighted by molar-refractivity contribution is 8.13. The molecule has 0 heterocycles. The number of Topliss-reactive ketones (excluding diaryl/α,β-unsaturated/α-hetero) is 1. The quantitative estimate of drug-likeness (QED) is 0.231. The zero-order valence-corrected chi connectivity index (χ0v) is 20.2. The van der Waals surface area contributed by atoms with Crippen molar-refractivity contribution in [2.45, 2.75) is 88.6 Å². The second kappa shape index (κ2) is 14.5. The first kappa shape index (κ1) is 27.5.